The van der Waals surface area contributed by atoms with Gasteiger partial charge in [0.25, 0.3) is 5.91 Å². The Labute approximate surface area is 213 Å². The van der Waals surface area contributed by atoms with Crippen molar-refractivity contribution in [1.82, 2.24) is 4.90 Å². The van der Waals surface area contributed by atoms with Gasteiger partial charge in [-0.2, -0.15) is 0 Å². The topological polar surface area (TPSA) is 83.3 Å². The number of amides is 1. The smallest absolute Gasteiger partial charge is 0.295 e. The second-order valence-corrected chi connectivity index (χ2v) is 10.0. The monoisotopic (exact) mass is 492 g/mol. The van der Waals surface area contributed by atoms with Gasteiger partial charge in [-0.3, -0.25) is 9.59 Å². The predicted octanol–water partition coefficient (Wildman–Crippen LogP) is 1.95. The van der Waals surface area contributed by atoms with Crippen molar-refractivity contribution >= 4 is 17.4 Å². The van der Waals surface area contributed by atoms with Gasteiger partial charge in [0.15, 0.2) is 0 Å². The molecule has 0 saturated carbocycles. The average molecular weight is 493 g/mol. The van der Waals surface area contributed by atoms with Crippen LogP contribution in [0, 0.1) is 0 Å². The molecule has 0 aliphatic carbocycles. The van der Waals surface area contributed by atoms with E-state index in [0.29, 0.717) is 43.0 Å². The van der Waals surface area contributed by atoms with Crippen molar-refractivity contribution in [3.8, 4) is 11.5 Å². The molecule has 2 aromatic carbocycles. The Bertz CT molecular complexity index is 1160. The van der Waals surface area contributed by atoms with Gasteiger partial charge in [-0.05, 0) is 54.3 Å². The minimum atomic E-state index is -0.750. The number of ketones is 1. The number of rotatable bonds is 10. The largest absolute Gasteiger partial charge is 0.872 e. The number of carbonyl (C=O) groups is 2. The van der Waals surface area contributed by atoms with E-state index in [0.717, 1.165) is 35.5 Å². The lowest BCUT2D eigenvalue weighted by atomic mass is 9.94. The lowest BCUT2D eigenvalue weighted by molar-refractivity contribution is -0.857. The van der Waals surface area contributed by atoms with Gasteiger partial charge in [0, 0.05) is 12.0 Å². The molecule has 4 rings (SSSR count). The number of Topliss-reactive ketones (excluding diaryl/α,β-unsaturated/α-hetero) is 1. The van der Waals surface area contributed by atoms with Crippen molar-refractivity contribution in [3.05, 3.63) is 64.7 Å². The number of ether oxygens (including phenoxy) is 2. The highest BCUT2D eigenvalue weighted by molar-refractivity contribution is 6.46. The molecule has 7 nitrogen and oxygen atoms in total. The lowest BCUT2D eigenvalue weighted by Crippen LogP contribution is -3.06. The molecule has 1 amide bonds. The SMILES string of the molecule is CCCCCOc1cccc(C2/C(=C(\[O-])c3ccc4c(c3)CC(C)O4)C(=O)C(=O)N2CC[NH+](C)C)c1. The van der Waals surface area contributed by atoms with E-state index in [1.54, 1.807) is 18.2 Å². The summed E-state index contributed by atoms with van der Waals surface area (Å²) in [5, 5.41) is 13.8. The number of benzene rings is 2. The summed E-state index contributed by atoms with van der Waals surface area (Å²) < 4.78 is 11.7. The van der Waals surface area contributed by atoms with Crippen molar-refractivity contribution < 1.29 is 29.1 Å². The second kappa shape index (κ2) is 11.2. The third kappa shape index (κ3) is 5.41. The molecule has 2 aliphatic heterocycles. The van der Waals surface area contributed by atoms with Crippen molar-refractivity contribution in [1.29, 1.82) is 0 Å². The van der Waals surface area contributed by atoms with E-state index in [2.05, 4.69) is 6.92 Å². The number of likely N-dealkylation sites (tertiary alicyclic amines) is 1. The summed E-state index contributed by atoms with van der Waals surface area (Å²) >= 11 is 0. The molecule has 2 heterocycles. The van der Waals surface area contributed by atoms with Gasteiger partial charge in [-0.1, -0.05) is 43.7 Å². The molecule has 7 heteroatoms. The molecule has 0 bridgehead atoms. The van der Waals surface area contributed by atoms with Crippen LogP contribution in [0.15, 0.2) is 48.0 Å². The third-order valence-corrected chi connectivity index (χ3v) is 6.73. The number of unbranched alkanes of at least 4 members (excludes halogenated alkanes) is 2. The van der Waals surface area contributed by atoms with E-state index in [1.165, 1.54) is 4.90 Å². The van der Waals surface area contributed by atoms with Crippen molar-refractivity contribution in [2.24, 2.45) is 0 Å². The van der Waals surface area contributed by atoms with Crippen LogP contribution >= 0.6 is 0 Å². The Kier molecular flexibility index (Phi) is 7.99. The Balaban J connectivity index is 1.74. The Morgan fingerprint density at radius 3 is 2.72 bits per heavy atom. The number of hydrogen-bond acceptors (Lipinski definition) is 5. The number of hydrogen-bond donors (Lipinski definition) is 1. The van der Waals surface area contributed by atoms with Crippen molar-refractivity contribution in [3.63, 3.8) is 0 Å². The molecule has 192 valence electrons. The molecule has 1 fully saturated rings. The molecule has 2 aromatic rings. The summed E-state index contributed by atoms with van der Waals surface area (Å²) in [6.45, 7) is 5.73. The summed E-state index contributed by atoms with van der Waals surface area (Å²) in [7, 11) is 3.98. The van der Waals surface area contributed by atoms with Crippen LogP contribution in [0.1, 0.15) is 55.8 Å². The molecule has 2 aliphatic rings. The molecule has 2 atom stereocenters. The van der Waals surface area contributed by atoms with Gasteiger partial charge < -0.3 is 24.4 Å². The van der Waals surface area contributed by atoms with E-state index in [4.69, 9.17) is 9.47 Å². The van der Waals surface area contributed by atoms with Crippen LogP contribution in [-0.2, 0) is 16.0 Å². The Morgan fingerprint density at radius 1 is 1.17 bits per heavy atom. The quantitative estimate of drug-likeness (QED) is 0.237. The second-order valence-electron chi connectivity index (χ2n) is 10.0. The summed E-state index contributed by atoms with van der Waals surface area (Å²) in [4.78, 5) is 29.1. The zero-order valence-corrected chi connectivity index (χ0v) is 21.6. The van der Waals surface area contributed by atoms with Crippen LogP contribution in [0.3, 0.4) is 0 Å². The summed E-state index contributed by atoms with van der Waals surface area (Å²) in [5.41, 5.74) is 2.05. The first kappa shape index (κ1) is 25.8. The fourth-order valence-corrected chi connectivity index (χ4v) is 4.83. The lowest BCUT2D eigenvalue weighted by Gasteiger charge is -2.28. The molecule has 0 radical (unpaired) electrons. The van der Waals surface area contributed by atoms with Crippen LogP contribution in [0.25, 0.3) is 5.76 Å². The maximum atomic E-state index is 13.8. The molecule has 0 spiro atoms. The number of nitrogens with one attached hydrogen (secondary N) is 1. The number of nitrogens with zero attached hydrogens (tertiary/aromatic N) is 1. The first-order valence-electron chi connectivity index (χ1n) is 12.9. The molecule has 1 N–H and O–H groups in total. The van der Waals surface area contributed by atoms with E-state index in [-0.39, 0.29) is 11.7 Å². The third-order valence-electron chi connectivity index (χ3n) is 6.73. The zero-order chi connectivity index (χ0) is 25.8. The van der Waals surface area contributed by atoms with Crippen molar-refractivity contribution in [2.45, 2.75) is 51.7 Å². The van der Waals surface area contributed by atoms with E-state index < -0.39 is 23.5 Å². The van der Waals surface area contributed by atoms with E-state index in [9.17, 15) is 14.7 Å². The molecular formula is C29H36N2O5. The zero-order valence-electron chi connectivity index (χ0n) is 21.6. The van der Waals surface area contributed by atoms with Gasteiger partial charge in [-0.15, -0.1) is 0 Å². The number of quaternary nitrogens is 1. The van der Waals surface area contributed by atoms with Gasteiger partial charge in [-0.25, -0.2) is 0 Å². The number of carbonyl (C=O) groups excluding carboxylic acids is 2. The van der Waals surface area contributed by atoms with Crippen LogP contribution in [0.2, 0.25) is 0 Å². The molecule has 2 unspecified atom stereocenters. The fraction of sp³-hybridized carbons (Fsp3) is 0.448. The van der Waals surface area contributed by atoms with Crippen LogP contribution in [0.4, 0.5) is 0 Å². The van der Waals surface area contributed by atoms with Gasteiger partial charge in [0.05, 0.1) is 39.8 Å². The summed E-state index contributed by atoms with van der Waals surface area (Å²) in [6.07, 6.45) is 3.90. The van der Waals surface area contributed by atoms with Gasteiger partial charge in [0.2, 0.25) is 5.78 Å². The Morgan fingerprint density at radius 2 is 1.97 bits per heavy atom. The molecular weight excluding hydrogens is 456 g/mol. The van der Waals surface area contributed by atoms with Gasteiger partial charge in [0.1, 0.15) is 17.6 Å². The number of likely N-dealkylation sites (N-methyl/N-ethyl adjacent to an activating group) is 1. The van der Waals surface area contributed by atoms with Crippen LogP contribution in [-0.4, -0.2) is 56.5 Å². The molecule has 0 aromatic heterocycles. The van der Waals surface area contributed by atoms with E-state index in [1.807, 2.05) is 45.3 Å². The molecule has 36 heavy (non-hydrogen) atoms. The van der Waals surface area contributed by atoms with Gasteiger partial charge >= 0.3 is 0 Å². The summed E-state index contributed by atoms with van der Waals surface area (Å²) in [5.74, 6) is -0.327. The standard InChI is InChI=1S/C29H36N2O5/c1-5-6-7-15-35-23-10-8-9-20(18-23)26-25(28(33)29(34)31(26)14-13-30(3)4)27(32)21-11-12-24-22(17-21)16-19(2)36-24/h8-12,17-19,26,32H,5-7,13-16H2,1-4H3/b27-25+. The van der Waals surface area contributed by atoms with E-state index >= 15 is 0 Å². The maximum absolute atomic E-state index is 13.8. The maximum Gasteiger partial charge on any atom is 0.295 e. The van der Waals surface area contributed by atoms with Crippen LogP contribution < -0.4 is 19.5 Å². The molecule has 1 saturated heterocycles. The first-order chi connectivity index (χ1) is 17.3. The minimum Gasteiger partial charge on any atom is -0.872 e. The Hall–Kier alpha value is -3.32. The minimum absolute atomic E-state index is 0.00352. The van der Waals surface area contributed by atoms with Crippen molar-refractivity contribution in [2.75, 3.05) is 33.8 Å². The average Bonchev–Trinajstić information content (AvgIpc) is 3.35. The summed E-state index contributed by atoms with van der Waals surface area (Å²) in [6, 6.07) is 11.9. The predicted molar refractivity (Wildman–Crippen MR) is 136 cm³/mol. The highest BCUT2D eigenvalue weighted by atomic mass is 16.5. The highest BCUT2D eigenvalue weighted by Gasteiger charge is 2.44. The first-order valence-corrected chi connectivity index (χ1v) is 12.9. The highest BCUT2D eigenvalue weighted by Crippen LogP contribution is 2.40. The fourth-order valence-electron chi connectivity index (χ4n) is 4.83. The van der Waals surface area contributed by atoms with Crippen LogP contribution in [0.5, 0.6) is 11.5 Å². The normalized spacial score (nSPS) is 20.6. The number of fused-ring (bicyclic) bond motifs is 1.